The van der Waals surface area contributed by atoms with Gasteiger partial charge in [0.1, 0.15) is 6.33 Å². The van der Waals surface area contributed by atoms with Crippen LogP contribution in [0.15, 0.2) is 30.7 Å². The number of benzene rings is 1. The summed E-state index contributed by atoms with van der Waals surface area (Å²) < 4.78 is 0. The monoisotopic (exact) mass is 336 g/mol. The highest BCUT2D eigenvalue weighted by Crippen LogP contribution is 2.27. The van der Waals surface area contributed by atoms with E-state index in [4.69, 9.17) is 0 Å². The standard InChI is InChI=1S/C20H24N4O/c1-12-8-13(2)20-17(9-12)16(14(3)23-20)10-19(25)24(5)15(4)18-6-7-21-11-22-18/h6-9,11,15,23H,10H2,1-5H3. The number of fused-ring (bicyclic) bond motifs is 1. The lowest BCUT2D eigenvalue weighted by molar-refractivity contribution is -0.131. The largest absolute Gasteiger partial charge is 0.358 e. The Morgan fingerprint density at radius 3 is 2.72 bits per heavy atom. The predicted octanol–water partition coefficient (Wildman–Crippen LogP) is 3.65. The summed E-state index contributed by atoms with van der Waals surface area (Å²) in [6, 6.07) is 6.07. The Kier molecular flexibility index (Phi) is 4.57. The summed E-state index contributed by atoms with van der Waals surface area (Å²) in [6.45, 7) is 8.20. The van der Waals surface area contributed by atoms with E-state index in [1.807, 2.05) is 27.0 Å². The molecule has 0 saturated heterocycles. The van der Waals surface area contributed by atoms with Crippen molar-refractivity contribution in [2.75, 3.05) is 7.05 Å². The molecule has 0 spiro atoms. The first-order valence-electron chi connectivity index (χ1n) is 8.48. The van der Waals surface area contributed by atoms with Gasteiger partial charge in [-0.1, -0.05) is 11.6 Å². The van der Waals surface area contributed by atoms with E-state index in [9.17, 15) is 4.79 Å². The van der Waals surface area contributed by atoms with Gasteiger partial charge in [0.25, 0.3) is 0 Å². The Morgan fingerprint density at radius 1 is 1.28 bits per heavy atom. The van der Waals surface area contributed by atoms with Crippen LogP contribution in [-0.4, -0.2) is 32.8 Å². The zero-order chi connectivity index (χ0) is 18.1. The quantitative estimate of drug-likeness (QED) is 0.791. The Bertz CT molecular complexity index is 914. The van der Waals surface area contributed by atoms with Gasteiger partial charge in [0, 0.05) is 29.8 Å². The molecular weight excluding hydrogens is 312 g/mol. The minimum Gasteiger partial charge on any atom is -0.358 e. The van der Waals surface area contributed by atoms with E-state index in [1.165, 1.54) is 17.5 Å². The molecular formula is C20H24N4O. The fourth-order valence-electron chi connectivity index (χ4n) is 3.30. The van der Waals surface area contributed by atoms with E-state index >= 15 is 0 Å². The Labute approximate surface area is 148 Å². The minimum absolute atomic E-state index is 0.0780. The van der Waals surface area contributed by atoms with Crippen molar-refractivity contribution in [3.63, 3.8) is 0 Å². The zero-order valence-corrected chi connectivity index (χ0v) is 15.4. The van der Waals surface area contributed by atoms with E-state index in [0.717, 1.165) is 27.9 Å². The van der Waals surface area contributed by atoms with Crippen molar-refractivity contribution >= 4 is 16.8 Å². The molecule has 3 rings (SSSR count). The van der Waals surface area contributed by atoms with Crippen LogP contribution in [-0.2, 0) is 11.2 Å². The van der Waals surface area contributed by atoms with Crippen LogP contribution in [0, 0.1) is 20.8 Å². The number of hydrogen-bond donors (Lipinski definition) is 1. The van der Waals surface area contributed by atoms with Crippen LogP contribution in [0.2, 0.25) is 0 Å². The lowest BCUT2D eigenvalue weighted by Gasteiger charge is -2.24. The number of aryl methyl sites for hydroxylation is 3. The number of likely N-dealkylation sites (N-methyl/N-ethyl adjacent to an activating group) is 1. The maximum atomic E-state index is 12.9. The van der Waals surface area contributed by atoms with Crippen molar-refractivity contribution in [1.29, 1.82) is 0 Å². The number of amides is 1. The predicted molar refractivity (Wildman–Crippen MR) is 99.4 cm³/mol. The molecule has 2 heterocycles. The number of nitrogens with one attached hydrogen (secondary N) is 1. The first-order valence-corrected chi connectivity index (χ1v) is 8.48. The van der Waals surface area contributed by atoms with Crippen molar-refractivity contribution in [1.82, 2.24) is 19.9 Å². The highest BCUT2D eigenvalue weighted by atomic mass is 16.2. The molecule has 1 unspecified atom stereocenters. The van der Waals surface area contributed by atoms with E-state index in [2.05, 4.69) is 40.9 Å². The maximum absolute atomic E-state index is 12.9. The summed E-state index contributed by atoms with van der Waals surface area (Å²) in [6.07, 6.45) is 3.59. The van der Waals surface area contributed by atoms with Crippen LogP contribution in [0.3, 0.4) is 0 Å². The summed E-state index contributed by atoms with van der Waals surface area (Å²) in [4.78, 5) is 26.2. The summed E-state index contributed by atoms with van der Waals surface area (Å²) in [7, 11) is 1.83. The van der Waals surface area contributed by atoms with Crippen LogP contribution in [0.25, 0.3) is 10.9 Å². The van der Waals surface area contributed by atoms with Gasteiger partial charge < -0.3 is 9.88 Å². The number of H-pyrrole nitrogens is 1. The Hall–Kier alpha value is -2.69. The lowest BCUT2D eigenvalue weighted by Crippen LogP contribution is -2.31. The molecule has 0 aliphatic carbocycles. The molecule has 0 bridgehead atoms. The van der Waals surface area contributed by atoms with Gasteiger partial charge in [0.15, 0.2) is 0 Å². The third-order valence-corrected chi connectivity index (χ3v) is 4.91. The van der Waals surface area contributed by atoms with Crippen LogP contribution in [0.4, 0.5) is 0 Å². The molecule has 1 aromatic carbocycles. The number of carbonyl (C=O) groups excluding carboxylic acids is 1. The molecule has 0 aliphatic rings. The number of carbonyl (C=O) groups is 1. The molecule has 0 saturated carbocycles. The van der Waals surface area contributed by atoms with E-state index in [1.54, 1.807) is 11.1 Å². The van der Waals surface area contributed by atoms with Crippen LogP contribution < -0.4 is 0 Å². The van der Waals surface area contributed by atoms with E-state index < -0.39 is 0 Å². The van der Waals surface area contributed by atoms with E-state index in [0.29, 0.717) is 6.42 Å². The van der Waals surface area contributed by atoms with E-state index in [-0.39, 0.29) is 11.9 Å². The van der Waals surface area contributed by atoms with Crippen molar-refractivity contribution in [3.8, 4) is 0 Å². The van der Waals surface area contributed by atoms with Crippen molar-refractivity contribution < 1.29 is 4.79 Å². The SMILES string of the molecule is Cc1cc(C)c2[nH]c(C)c(CC(=O)N(C)C(C)c3ccncn3)c2c1. The van der Waals surface area contributed by atoms with Crippen LogP contribution in [0.1, 0.15) is 41.0 Å². The molecule has 1 N–H and O–H groups in total. The molecule has 5 nitrogen and oxygen atoms in total. The van der Waals surface area contributed by atoms with Crippen LogP contribution >= 0.6 is 0 Å². The Morgan fingerprint density at radius 2 is 2.04 bits per heavy atom. The summed E-state index contributed by atoms with van der Waals surface area (Å²) in [5, 5.41) is 1.14. The van der Waals surface area contributed by atoms with Crippen LogP contribution in [0.5, 0.6) is 0 Å². The van der Waals surface area contributed by atoms with Gasteiger partial charge in [-0.15, -0.1) is 0 Å². The Balaban J connectivity index is 1.88. The van der Waals surface area contributed by atoms with Gasteiger partial charge >= 0.3 is 0 Å². The molecule has 130 valence electrons. The molecule has 0 fully saturated rings. The highest BCUT2D eigenvalue weighted by molar-refractivity contribution is 5.92. The van der Waals surface area contributed by atoms with Gasteiger partial charge in [-0.2, -0.15) is 0 Å². The molecule has 0 aliphatic heterocycles. The van der Waals surface area contributed by atoms with Gasteiger partial charge in [0.2, 0.25) is 5.91 Å². The molecule has 2 aromatic heterocycles. The van der Waals surface area contributed by atoms with Gasteiger partial charge in [-0.3, -0.25) is 4.79 Å². The highest BCUT2D eigenvalue weighted by Gasteiger charge is 2.21. The fraction of sp³-hybridized carbons (Fsp3) is 0.350. The summed E-state index contributed by atoms with van der Waals surface area (Å²) in [5.41, 5.74) is 6.51. The molecule has 5 heteroatoms. The third-order valence-electron chi connectivity index (χ3n) is 4.91. The second-order valence-electron chi connectivity index (χ2n) is 6.72. The molecule has 1 atom stereocenters. The van der Waals surface area contributed by atoms with Crippen molar-refractivity contribution in [2.24, 2.45) is 0 Å². The number of hydrogen-bond acceptors (Lipinski definition) is 3. The third kappa shape index (κ3) is 3.27. The number of rotatable bonds is 4. The average Bonchev–Trinajstić information content (AvgIpc) is 2.90. The molecule has 3 aromatic rings. The average molecular weight is 336 g/mol. The first kappa shape index (κ1) is 17.1. The second-order valence-corrected chi connectivity index (χ2v) is 6.72. The fourth-order valence-corrected chi connectivity index (χ4v) is 3.30. The molecule has 25 heavy (non-hydrogen) atoms. The normalized spacial score (nSPS) is 12.4. The van der Waals surface area contributed by atoms with Crippen molar-refractivity contribution in [2.45, 2.75) is 40.2 Å². The van der Waals surface area contributed by atoms with Gasteiger partial charge in [0.05, 0.1) is 18.2 Å². The lowest BCUT2D eigenvalue weighted by atomic mass is 10.0. The number of nitrogens with zero attached hydrogens (tertiary/aromatic N) is 3. The molecule has 0 radical (unpaired) electrons. The number of aromatic amines is 1. The van der Waals surface area contributed by atoms with Gasteiger partial charge in [-0.05, 0) is 51.0 Å². The summed E-state index contributed by atoms with van der Waals surface area (Å²) in [5.74, 6) is 0.0780. The smallest absolute Gasteiger partial charge is 0.227 e. The maximum Gasteiger partial charge on any atom is 0.227 e. The minimum atomic E-state index is -0.0931. The first-order chi connectivity index (χ1) is 11.9. The number of aromatic nitrogens is 3. The molecule has 1 amide bonds. The topological polar surface area (TPSA) is 61.9 Å². The summed E-state index contributed by atoms with van der Waals surface area (Å²) >= 11 is 0. The zero-order valence-electron chi connectivity index (χ0n) is 15.4. The van der Waals surface area contributed by atoms with Crippen molar-refractivity contribution in [3.05, 3.63) is 58.8 Å². The van der Waals surface area contributed by atoms with Gasteiger partial charge in [-0.25, -0.2) is 9.97 Å². The second kappa shape index (κ2) is 6.67.